The zero-order valence-corrected chi connectivity index (χ0v) is 13.2. The molecule has 3 rings (SSSR count). The molecule has 4 nitrogen and oxygen atoms in total. The van der Waals surface area contributed by atoms with Crippen LogP contribution >= 0.6 is 11.6 Å². The molecule has 0 atom stereocenters. The number of aromatic nitrogens is 2. The quantitative estimate of drug-likeness (QED) is 0.852. The topological polar surface area (TPSA) is 38.1 Å². The van der Waals surface area contributed by atoms with Crippen LogP contribution in [-0.4, -0.2) is 34.1 Å². The first-order valence-corrected chi connectivity index (χ1v) is 7.87. The van der Waals surface area contributed by atoms with Gasteiger partial charge in [-0.25, -0.2) is 4.98 Å². The highest BCUT2D eigenvalue weighted by atomic mass is 35.5. The van der Waals surface area contributed by atoms with Crippen molar-refractivity contribution in [2.24, 2.45) is 0 Å². The number of likely N-dealkylation sites (N-methyl/N-ethyl adjacent to an activating group) is 1. The first-order chi connectivity index (χ1) is 10.1. The van der Waals surface area contributed by atoms with Crippen molar-refractivity contribution in [2.75, 3.05) is 19.6 Å². The molecule has 0 bridgehead atoms. The Morgan fingerprint density at radius 1 is 1.33 bits per heavy atom. The highest BCUT2D eigenvalue weighted by Gasteiger charge is 2.46. The predicted octanol–water partition coefficient (Wildman–Crippen LogP) is 2.88. The van der Waals surface area contributed by atoms with Crippen LogP contribution in [0.2, 0.25) is 5.02 Å². The second-order valence-electron chi connectivity index (χ2n) is 5.77. The van der Waals surface area contributed by atoms with E-state index in [1.165, 1.54) is 0 Å². The molecular weight excluding hydrogens is 286 g/mol. The van der Waals surface area contributed by atoms with Crippen molar-refractivity contribution >= 4 is 22.5 Å². The van der Waals surface area contributed by atoms with Gasteiger partial charge in [-0.15, -0.1) is 0 Å². The van der Waals surface area contributed by atoms with Crippen LogP contribution in [0.15, 0.2) is 29.3 Å². The second kappa shape index (κ2) is 5.43. The van der Waals surface area contributed by atoms with E-state index in [1.807, 2.05) is 4.57 Å². The molecule has 0 amide bonds. The summed E-state index contributed by atoms with van der Waals surface area (Å²) in [5.74, 6) is 0. The van der Waals surface area contributed by atoms with Crippen molar-refractivity contribution in [3.05, 3.63) is 39.9 Å². The lowest BCUT2D eigenvalue weighted by molar-refractivity contribution is 0.236. The molecule has 0 N–H and O–H groups in total. The molecule has 2 aromatic rings. The van der Waals surface area contributed by atoms with Crippen molar-refractivity contribution in [1.29, 1.82) is 0 Å². The lowest BCUT2D eigenvalue weighted by atomic mass is 10.2. The van der Waals surface area contributed by atoms with Gasteiger partial charge in [-0.1, -0.05) is 25.4 Å². The Balaban J connectivity index is 2.03. The molecule has 0 radical (unpaired) electrons. The molecule has 0 saturated heterocycles. The van der Waals surface area contributed by atoms with Crippen molar-refractivity contribution in [1.82, 2.24) is 14.5 Å². The third-order valence-corrected chi connectivity index (χ3v) is 4.71. The van der Waals surface area contributed by atoms with Crippen LogP contribution in [0, 0.1) is 0 Å². The van der Waals surface area contributed by atoms with Gasteiger partial charge in [0.05, 0.1) is 22.8 Å². The average Bonchev–Trinajstić information content (AvgIpc) is 3.25. The highest BCUT2D eigenvalue weighted by molar-refractivity contribution is 6.31. The molecule has 0 unspecified atom stereocenters. The Morgan fingerprint density at radius 2 is 2.05 bits per heavy atom. The van der Waals surface area contributed by atoms with Gasteiger partial charge in [-0.3, -0.25) is 9.36 Å². The van der Waals surface area contributed by atoms with E-state index in [1.54, 1.807) is 24.5 Å². The van der Waals surface area contributed by atoms with Crippen LogP contribution in [-0.2, 0) is 5.54 Å². The van der Waals surface area contributed by atoms with Gasteiger partial charge < -0.3 is 4.90 Å². The van der Waals surface area contributed by atoms with E-state index in [0.717, 1.165) is 32.5 Å². The summed E-state index contributed by atoms with van der Waals surface area (Å²) >= 11 is 5.96. The lowest BCUT2D eigenvalue weighted by Gasteiger charge is -2.26. The van der Waals surface area contributed by atoms with E-state index in [-0.39, 0.29) is 11.1 Å². The average molecular weight is 306 g/mol. The minimum Gasteiger partial charge on any atom is -0.302 e. The monoisotopic (exact) mass is 305 g/mol. The Bertz CT molecular complexity index is 717. The fraction of sp³-hybridized carbons (Fsp3) is 0.500. The maximum atomic E-state index is 12.7. The Hall–Kier alpha value is -1.39. The molecule has 21 heavy (non-hydrogen) atoms. The summed E-state index contributed by atoms with van der Waals surface area (Å²) in [6.45, 7) is 7.24. The largest absolute Gasteiger partial charge is 0.302 e. The number of fused-ring (bicyclic) bond motifs is 1. The highest BCUT2D eigenvalue weighted by Crippen LogP contribution is 2.43. The molecule has 1 saturated carbocycles. The molecule has 1 heterocycles. The summed E-state index contributed by atoms with van der Waals surface area (Å²) in [5.41, 5.74) is 0.646. The third-order valence-electron chi connectivity index (χ3n) is 4.47. The zero-order chi connectivity index (χ0) is 15.0. The fourth-order valence-corrected chi connectivity index (χ4v) is 3.08. The minimum atomic E-state index is -0.0655. The summed E-state index contributed by atoms with van der Waals surface area (Å²) < 4.78 is 1.83. The van der Waals surface area contributed by atoms with Crippen molar-refractivity contribution in [2.45, 2.75) is 32.2 Å². The van der Waals surface area contributed by atoms with Crippen LogP contribution in [0.4, 0.5) is 0 Å². The lowest BCUT2D eigenvalue weighted by Crippen LogP contribution is -2.40. The van der Waals surface area contributed by atoms with Crippen molar-refractivity contribution < 1.29 is 0 Å². The van der Waals surface area contributed by atoms with E-state index in [4.69, 9.17) is 11.6 Å². The third kappa shape index (κ3) is 2.58. The SMILES string of the molecule is CCN(CC)CC1(n2cnc3cc(Cl)ccc3c2=O)CC1. The molecule has 0 spiro atoms. The summed E-state index contributed by atoms with van der Waals surface area (Å²) in [6.07, 6.45) is 3.78. The van der Waals surface area contributed by atoms with Crippen LogP contribution in [0.3, 0.4) is 0 Å². The van der Waals surface area contributed by atoms with Gasteiger partial charge in [0.1, 0.15) is 0 Å². The van der Waals surface area contributed by atoms with Crippen LogP contribution < -0.4 is 5.56 Å². The molecule has 0 aliphatic heterocycles. The molecule has 1 aromatic carbocycles. The van der Waals surface area contributed by atoms with E-state index in [2.05, 4.69) is 23.7 Å². The second-order valence-corrected chi connectivity index (χ2v) is 6.20. The minimum absolute atomic E-state index is 0.0429. The number of hydrogen-bond acceptors (Lipinski definition) is 3. The van der Waals surface area contributed by atoms with Gasteiger partial charge in [-0.05, 0) is 44.1 Å². The number of halogens is 1. The maximum Gasteiger partial charge on any atom is 0.261 e. The summed E-state index contributed by atoms with van der Waals surface area (Å²) in [7, 11) is 0. The van der Waals surface area contributed by atoms with Crippen molar-refractivity contribution in [3.8, 4) is 0 Å². The first-order valence-electron chi connectivity index (χ1n) is 7.49. The molecule has 5 heteroatoms. The Kier molecular flexibility index (Phi) is 3.76. The normalized spacial score (nSPS) is 16.6. The fourth-order valence-electron chi connectivity index (χ4n) is 2.92. The van der Waals surface area contributed by atoms with Crippen LogP contribution in [0.1, 0.15) is 26.7 Å². The van der Waals surface area contributed by atoms with Gasteiger partial charge >= 0.3 is 0 Å². The summed E-state index contributed by atoms with van der Waals surface area (Å²) in [5, 5.41) is 1.25. The number of hydrogen-bond donors (Lipinski definition) is 0. The van der Waals surface area contributed by atoms with Crippen LogP contribution in [0.25, 0.3) is 10.9 Å². The molecule has 1 aromatic heterocycles. The first kappa shape index (κ1) is 14.5. The maximum absolute atomic E-state index is 12.7. The zero-order valence-electron chi connectivity index (χ0n) is 12.5. The van der Waals surface area contributed by atoms with E-state index in [0.29, 0.717) is 15.9 Å². The standard InChI is InChI=1S/C16H20ClN3O/c1-3-19(4-2)10-16(7-8-16)20-11-18-14-9-12(17)5-6-13(14)15(20)21/h5-6,9,11H,3-4,7-8,10H2,1-2H3. The molecule has 112 valence electrons. The van der Waals surface area contributed by atoms with Gasteiger partial charge in [-0.2, -0.15) is 0 Å². The van der Waals surface area contributed by atoms with Gasteiger partial charge in [0, 0.05) is 11.6 Å². The van der Waals surface area contributed by atoms with Gasteiger partial charge in [0.2, 0.25) is 0 Å². The Labute approximate surface area is 129 Å². The van der Waals surface area contributed by atoms with Crippen molar-refractivity contribution in [3.63, 3.8) is 0 Å². The molecule has 1 fully saturated rings. The Morgan fingerprint density at radius 3 is 2.67 bits per heavy atom. The van der Waals surface area contributed by atoms with Gasteiger partial charge in [0.25, 0.3) is 5.56 Å². The molecule has 1 aliphatic rings. The summed E-state index contributed by atoms with van der Waals surface area (Å²) in [6, 6.07) is 5.27. The number of nitrogens with zero attached hydrogens (tertiary/aromatic N) is 3. The summed E-state index contributed by atoms with van der Waals surface area (Å²) in [4.78, 5) is 19.5. The number of rotatable bonds is 5. The van der Waals surface area contributed by atoms with Crippen LogP contribution in [0.5, 0.6) is 0 Å². The predicted molar refractivity (Wildman–Crippen MR) is 86.0 cm³/mol. The van der Waals surface area contributed by atoms with Gasteiger partial charge in [0.15, 0.2) is 0 Å². The molecular formula is C16H20ClN3O. The molecule has 1 aliphatic carbocycles. The van der Waals surface area contributed by atoms with E-state index >= 15 is 0 Å². The van der Waals surface area contributed by atoms with E-state index in [9.17, 15) is 4.79 Å². The number of benzene rings is 1. The smallest absolute Gasteiger partial charge is 0.261 e. The van der Waals surface area contributed by atoms with E-state index < -0.39 is 0 Å².